The number of hydrogen-bond donors (Lipinski definition) is 2. The standard InChI is InChI=1S/C32H26O7/c1-35-25-14-27-21(23-16-37-26-12-19(33)8-9-20(26)32(23)39-27)10-18(25)11-30-31(17-6-4-3-5-7-17)22-13-24(34)29(36-2)15-28(22)38-30/h3-10,12-15,23,32-34H,11,16H2,1-2H3. The number of methoxy groups -OCH3 is 2. The van der Waals surface area contributed by atoms with Crippen molar-refractivity contribution in [3.8, 4) is 45.6 Å². The van der Waals surface area contributed by atoms with Gasteiger partial charge in [-0.2, -0.15) is 0 Å². The number of rotatable bonds is 5. The van der Waals surface area contributed by atoms with Crippen molar-refractivity contribution in [2.75, 3.05) is 20.8 Å². The molecule has 4 aromatic carbocycles. The molecule has 0 saturated carbocycles. The highest BCUT2D eigenvalue weighted by Crippen LogP contribution is 2.53. The smallest absolute Gasteiger partial charge is 0.164 e. The van der Waals surface area contributed by atoms with E-state index >= 15 is 0 Å². The van der Waals surface area contributed by atoms with E-state index in [1.54, 1.807) is 31.4 Å². The minimum Gasteiger partial charge on any atom is -0.508 e. The molecule has 0 saturated heterocycles. The molecule has 7 rings (SSSR count). The molecule has 2 unspecified atom stereocenters. The predicted molar refractivity (Wildman–Crippen MR) is 145 cm³/mol. The first kappa shape index (κ1) is 23.3. The van der Waals surface area contributed by atoms with Gasteiger partial charge < -0.3 is 33.6 Å². The number of ether oxygens (including phenoxy) is 4. The van der Waals surface area contributed by atoms with E-state index in [1.165, 1.54) is 7.11 Å². The summed E-state index contributed by atoms with van der Waals surface area (Å²) in [6, 6.07) is 22.6. The summed E-state index contributed by atoms with van der Waals surface area (Å²) in [6.07, 6.45) is 0.257. The fourth-order valence-corrected chi connectivity index (χ4v) is 5.79. The Bertz CT molecular complexity index is 1720. The molecule has 2 aliphatic rings. The van der Waals surface area contributed by atoms with Crippen LogP contribution in [0.2, 0.25) is 0 Å². The molecule has 2 atom stereocenters. The van der Waals surface area contributed by atoms with Crippen LogP contribution < -0.4 is 18.9 Å². The first-order chi connectivity index (χ1) is 19.0. The van der Waals surface area contributed by atoms with Crippen molar-refractivity contribution in [3.05, 3.63) is 95.2 Å². The van der Waals surface area contributed by atoms with Crippen molar-refractivity contribution in [2.45, 2.75) is 18.4 Å². The molecule has 196 valence electrons. The van der Waals surface area contributed by atoms with Gasteiger partial charge in [0.05, 0.1) is 26.7 Å². The van der Waals surface area contributed by atoms with E-state index in [0.717, 1.165) is 44.7 Å². The Labute approximate surface area is 224 Å². The minimum atomic E-state index is -0.203. The van der Waals surface area contributed by atoms with Crippen LogP contribution in [0, 0.1) is 0 Å². The molecule has 7 heteroatoms. The van der Waals surface area contributed by atoms with Crippen LogP contribution in [-0.4, -0.2) is 31.0 Å². The van der Waals surface area contributed by atoms with Crippen LogP contribution in [0.5, 0.6) is 34.5 Å². The quantitative estimate of drug-likeness (QED) is 0.265. The Kier molecular flexibility index (Phi) is 5.33. The van der Waals surface area contributed by atoms with Crippen LogP contribution >= 0.6 is 0 Å². The summed E-state index contributed by atoms with van der Waals surface area (Å²) in [4.78, 5) is 0. The largest absolute Gasteiger partial charge is 0.508 e. The molecule has 2 N–H and O–H groups in total. The second-order valence-electron chi connectivity index (χ2n) is 9.84. The van der Waals surface area contributed by atoms with E-state index in [2.05, 4.69) is 6.07 Å². The molecule has 2 aliphatic heterocycles. The van der Waals surface area contributed by atoms with Crippen LogP contribution in [0.3, 0.4) is 0 Å². The van der Waals surface area contributed by atoms with Crippen molar-refractivity contribution in [2.24, 2.45) is 0 Å². The highest BCUT2D eigenvalue weighted by molar-refractivity contribution is 5.97. The van der Waals surface area contributed by atoms with Gasteiger partial charge in [-0.05, 0) is 29.8 Å². The Morgan fingerprint density at radius 1 is 0.846 bits per heavy atom. The number of benzene rings is 4. The van der Waals surface area contributed by atoms with E-state index in [4.69, 9.17) is 23.4 Å². The van der Waals surface area contributed by atoms with Gasteiger partial charge in [0.2, 0.25) is 0 Å². The number of phenolic OH excluding ortho intramolecular Hbond substituents is 2. The zero-order valence-corrected chi connectivity index (χ0v) is 21.4. The zero-order chi connectivity index (χ0) is 26.7. The minimum absolute atomic E-state index is 0.00664. The van der Waals surface area contributed by atoms with Crippen LogP contribution in [0.4, 0.5) is 0 Å². The third-order valence-electron chi connectivity index (χ3n) is 7.63. The van der Waals surface area contributed by atoms with Crippen LogP contribution in [0.25, 0.3) is 22.1 Å². The summed E-state index contributed by atoms with van der Waals surface area (Å²) in [5.41, 5.74) is 5.44. The molecule has 7 nitrogen and oxygen atoms in total. The first-order valence-corrected chi connectivity index (χ1v) is 12.7. The van der Waals surface area contributed by atoms with Gasteiger partial charge in [-0.25, -0.2) is 0 Å². The molecule has 5 aromatic rings. The lowest BCUT2D eigenvalue weighted by atomic mass is 9.88. The molecule has 0 aliphatic carbocycles. The molecule has 0 radical (unpaired) electrons. The summed E-state index contributed by atoms with van der Waals surface area (Å²) >= 11 is 0. The Morgan fingerprint density at radius 3 is 2.46 bits per heavy atom. The van der Waals surface area contributed by atoms with Crippen LogP contribution in [0.1, 0.15) is 34.5 Å². The monoisotopic (exact) mass is 522 g/mol. The summed E-state index contributed by atoms with van der Waals surface area (Å²) < 4.78 is 30.0. The maximum atomic E-state index is 10.5. The fourth-order valence-electron chi connectivity index (χ4n) is 5.79. The summed E-state index contributed by atoms with van der Waals surface area (Å²) in [5.74, 6) is 3.43. The highest BCUT2D eigenvalue weighted by Gasteiger charge is 2.41. The van der Waals surface area contributed by atoms with Gasteiger partial charge in [-0.1, -0.05) is 30.3 Å². The maximum Gasteiger partial charge on any atom is 0.164 e. The van der Waals surface area contributed by atoms with Gasteiger partial charge in [0.25, 0.3) is 0 Å². The second-order valence-corrected chi connectivity index (χ2v) is 9.84. The Morgan fingerprint density at radius 2 is 1.67 bits per heavy atom. The van der Waals surface area contributed by atoms with Gasteiger partial charge in [0.15, 0.2) is 11.5 Å². The predicted octanol–water partition coefficient (Wildman–Crippen LogP) is 6.73. The molecule has 39 heavy (non-hydrogen) atoms. The van der Waals surface area contributed by atoms with Gasteiger partial charge in [0, 0.05) is 52.3 Å². The third kappa shape index (κ3) is 3.73. The number of aromatic hydroxyl groups is 2. The number of hydrogen-bond acceptors (Lipinski definition) is 7. The lowest BCUT2D eigenvalue weighted by Crippen LogP contribution is -2.23. The fraction of sp³-hybridized carbons (Fsp3) is 0.188. The molecule has 3 heterocycles. The lowest BCUT2D eigenvalue weighted by molar-refractivity contribution is 0.139. The number of fused-ring (bicyclic) bond motifs is 6. The summed E-state index contributed by atoms with van der Waals surface area (Å²) in [5, 5.41) is 21.2. The second kappa shape index (κ2) is 8.91. The summed E-state index contributed by atoms with van der Waals surface area (Å²) in [6.45, 7) is 0.443. The van der Waals surface area contributed by atoms with Gasteiger partial charge in [-0.15, -0.1) is 0 Å². The van der Waals surface area contributed by atoms with Crippen molar-refractivity contribution in [3.63, 3.8) is 0 Å². The molecule has 0 amide bonds. The van der Waals surface area contributed by atoms with Gasteiger partial charge in [-0.3, -0.25) is 0 Å². The Balaban J connectivity index is 1.33. The van der Waals surface area contributed by atoms with Crippen molar-refractivity contribution in [1.29, 1.82) is 0 Å². The highest BCUT2D eigenvalue weighted by atomic mass is 16.5. The van der Waals surface area contributed by atoms with E-state index in [9.17, 15) is 10.2 Å². The molecule has 0 fully saturated rings. The normalized spacial score (nSPS) is 17.1. The van der Waals surface area contributed by atoms with Crippen LogP contribution in [0.15, 0.2) is 77.2 Å². The van der Waals surface area contributed by atoms with Gasteiger partial charge in [0.1, 0.15) is 40.4 Å². The average molecular weight is 523 g/mol. The van der Waals surface area contributed by atoms with Crippen molar-refractivity contribution in [1.82, 2.24) is 0 Å². The van der Waals surface area contributed by atoms with Crippen molar-refractivity contribution < 1.29 is 33.6 Å². The third-order valence-corrected chi connectivity index (χ3v) is 7.63. The molecule has 1 aromatic heterocycles. The Hall–Kier alpha value is -4.78. The number of furan rings is 1. The zero-order valence-electron chi connectivity index (χ0n) is 21.4. The molecule has 0 bridgehead atoms. The number of phenols is 2. The molecule has 0 spiro atoms. The lowest BCUT2D eigenvalue weighted by Gasteiger charge is -2.27. The van der Waals surface area contributed by atoms with Crippen LogP contribution in [-0.2, 0) is 6.42 Å². The molecular weight excluding hydrogens is 496 g/mol. The van der Waals surface area contributed by atoms with Gasteiger partial charge >= 0.3 is 0 Å². The maximum absolute atomic E-state index is 10.5. The first-order valence-electron chi connectivity index (χ1n) is 12.7. The van der Waals surface area contributed by atoms with E-state index in [-0.39, 0.29) is 23.5 Å². The summed E-state index contributed by atoms with van der Waals surface area (Å²) in [7, 11) is 3.16. The van der Waals surface area contributed by atoms with E-state index < -0.39 is 0 Å². The molecular formula is C32H26O7. The SMILES string of the molecule is COc1cc2oc(Cc3cc4c(cc3OC)OC3c5ccc(O)cc5OCC43)c(-c3ccccc3)c2cc1O. The van der Waals surface area contributed by atoms with E-state index in [0.29, 0.717) is 35.9 Å². The topological polar surface area (TPSA) is 90.5 Å². The average Bonchev–Trinajstić information content (AvgIpc) is 3.49. The van der Waals surface area contributed by atoms with E-state index in [1.807, 2.05) is 42.5 Å². The van der Waals surface area contributed by atoms with Crippen molar-refractivity contribution >= 4 is 11.0 Å².